The third kappa shape index (κ3) is 12.5. The monoisotopic (exact) mass is 482 g/mol. The molecule has 1 atom stereocenters. The molecule has 35 heavy (non-hydrogen) atoms. The van der Waals surface area contributed by atoms with Crippen LogP contribution < -0.4 is 4.74 Å². The van der Waals surface area contributed by atoms with Gasteiger partial charge in [0.25, 0.3) is 0 Å². The number of ether oxygens (including phenoxy) is 2. The third-order valence-corrected chi connectivity index (χ3v) is 7.12. The molecule has 3 nitrogen and oxygen atoms in total. The number of hydrogen-bond acceptors (Lipinski definition) is 3. The highest BCUT2D eigenvalue weighted by Gasteiger charge is 2.10. The number of carbonyl (C=O) groups is 1. The first kappa shape index (κ1) is 29.2. The minimum atomic E-state index is -0.0583. The lowest BCUT2D eigenvalue weighted by Crippen LogP contribution is -2.10. The van der Waals surface area contributed by atoms with Crippen molar-refractivity contribution in [1.29, 1.82) is 0 Å². The molecule has 0 spiro atoms. The van der Waals surface area contributed by atoms with Gasteiger partial charge < -0.3 is 9.47 Å². The lowest BCUT2D eigenvalue weighted by atomic mass is 9.98. The van der Waals surface area contributed by atoms with Gasteiger partial charge in [-0.05, 0) is 34.9 Å². The SMILES string of the molecule is CCCCCCCCCCCCCCCCCC(=O)OCC(C)c1ccc2cc(OC)ccc2c1. The van der Waals surface area contributed by atoms with E-state index in [0.717, 1.165) is 24.0 Å². The Labute approximate surface area is 215 Å². The second-order valence-corrected chi connectivity index (χ2v) is 10.3. The highest BCUT2D eigenvalue weighted by atomic mass is 16.5. The van der Waals surface area contributed by atoms with Crippen molar-refractivity contribution in [3.63, 3.8) is 0 Å². The third-order valence-electron chi connectivity index (χ3n) is 7.12. The van der Waals surface area contributed by atoms with Gasteiger partial charge in [0.2, 0.25) is 0 Å². The molecular weight excluding hydrogens is 432 g/mol. The summed E-state index contributed by atoms with van der Waals surface area (Å²) in [6.45, 7) is 4.84. The minimum Gasteiger partial charge on any atom is -0.497 e. The first-order valence-corrected chi connectivity index (χ1v) is 14.4. The largest absolute Gasteiger partial charge is 0.497 e. The lowest BCUT2D eigenvalue weighted by molar-refractivity contribution is -0.144. The topological polar surface area (TPSA) is 35.5 Å². The van der Waals surface area contributed by atoms with Crippen molar-refractivity contribution in [1.82, 2.24) is 0 Å². The zero-order valence-corrected chi connectivity index (χ0v) is 22.8. The summed E-state index contributed by atoms with van der Waals surface area (Å²) in [5, 5.41) is 2.34. The van der Waals surface area contributed by atoms with Crippen LogP contribution in [-0.2, 0) is 9.53 Å². The van der Waals surface area contributed by atoms with E-state index in [2.05, 4.69) is 38.1 Å². The Bertz CT molecular complexity index is 829. The Balaban J connectivity index is 1.45. The normalized spacial score (nSPS) is 12.1. The molecule has 2 aromatic rings. The molecule has 3 heteroatoms. The molecule has 0 saturated carbocycles. The highest BCUT2D eigenvalue weighted by molar-refractivity contribution is 5.84. The Hall–Kier alpha value is -2.03. The molecule has 2 rings (SSSR count). The van der Waals surface area contributed by atoms with Crippen LogP contribution in [0.1, 0.15) is 128 Å². The summed E-state index contributed by atoms with van der Waals surface area (Å²) in [5.74, 6) is 0.995. The fraction of sp³-hybridized carbons (Fsp3) is 0.656. The van der Waals surface area contributed by atoms with E-state index in [4.69, 9.17) is 9.47 Å². The number of benzene rings is 2. The van der Waals surface area contributed by atoms with Crippen molar-refractivity contribution in [2.75, 3.05) is 13.7 Å². The van der Waals surface area contributed by atoms with Gasteiger partial charge in [-0.1, -0.05) is 128 Å². The van der Waals surface area contributed by atoms with Crippen LogP contribution in [-0.4, -0.2) is 19.7 Å². The van der Waals surface area contributed by atoms with E-state index >= 15 is 0 Å². The van der Waals surface area contributed by atoms with Crippen LogP contribution in [0.3, 0.4) is 0 Å². The molecule has 0 saturated heterocycles. The van der Waals surface area contributed by atoms with E-state index in [-0.39, 0.29) is 11.9 Å². The Morgan fingerprint density at radius 1 is 0.714 bits per heavy atom. The Morgan fingerprint density at radius 3 is 1.80 bits per heavy atom. The fourth-order valence-electron chi connectivity index (χ4n) is 4.70. The van der Waals surface area contributed by atoms with Gasteiger partial charge in [-0.15, -0.1) is 0 Å². The summed E-state index contributed by atoms with van der Waals surface area (Å²) in [6.07, 6.45) is 20.6. The number of unbranched alkanes of at least 4 members (excludes halogenated alkanes) is 14. The van der Waals surface area contributed by atoms with Gasteiger partial charge in [0, 0.05) is 12.3 Å². The number of fused-ring (bicyclic) bond motifs is 1. The summed E-state index contributed by atoms with van der Waals surface area (Å²) in [6, 6.07) is 12.5. The molecule has 0 aromatic heterocycles. The molecule has 0 N–H and O–H groups in total. The van der Waals surface area contributed by atoms with E-state index in [1.54, 1.807) is 7.11 Å². The smallest absolute Gasteiger partial charge is 0.305 e. The molecule has 0 aliphatic heterocycles. The maximum atomic E-state index is 12.2. The quantitative estimate of drug-likeness (QED) is 0.139. The first-order chi connectivity index (χ1) is 17.1. The molecule has 0 bridgehead atoms. The van der Waals surface area contributed by atoms with Crippen LogP contribution in [0.4, 0.5) is 0 Å². The Kier molecular flexibility index (Phi) is 15.2. The first-order valence-electron chi connectivity index (χ1n) is 14.4. The summed E-state index contributed by atoms with van der Waals surface area (Å²) in [5.41, 5.74) is 1.20. The maximum absolute atomic E-state index is 12.2. The number of methoxy groups -OCH3 is 1. The molecule has 2 aromatic carbocycles. The second kappa shape index (κ2) is 18.3. The molecule has 1 unspecified atom stereocenters. The molecule has 196 valence electrons. The van der Waals surface area contributed by atoms with Crippen molar-refractivity contribution < 1.29 is 14.3 Å². The van der Waals surface area contributed by atoms with Gasteiger partial charge in [0.05, 0.1) is 13.7 Å². The number of esters is 1. The average Bonchev–Trinajstić information content (AvgIpc) is 2.88. The van der Waals surface area contributed by atoms with Crippen molar-refractivity contribution in [2.45, 2.75) is 122 Å². The van der Waals surface area contributed by atoms with E-state index < -0.39 is 0 Å². The molecule has 0 radical (unpaired) electrons. The van der Waals surface area contributed by atoms with Crippen LogP contribution in [0.2, 0.25) is 0 Å². The van der Waals surface area contributed by atoms with Crippen LogP contribution in [0.15, 0.2) is 36.4 Å². The van der Waals surface area contributed by atoms with Crippen LogP contribution >= 0.6 is 0 Å². The van der Waals surface area contributed by atoms with Gasteiger partial charge in [-0.25, -0.2) is 0 Å². The highest BCUT2D eigenvalue weighted by Crippen LogP contribution is 2.25. The van der Waals surface area contributed by atoms with Crippen molar-refractivity contribution >= 4 is 16.7 Å². The molecule has 0 aliphatic carbocycles. The van der Waals surface area contributed by atoms with E-state index in [9.17, 15) is 4.79 Å². The predicted molar refractivity (Wildman–Crippen MR) is 149 cm³/mol. The second-order valence-electron chi connectivity index (χ2n) is 10.3. The van der Waals surface area contributed by atoms with Gasteiger partial charge in [0.15, 0.2) is 0 Å². The minimum absolute atomic E-state index is 0.0583. The molecule has 0 amide bonds. The van der Waals surface area contributed by atoms with E-state index in [0.29, 0.717) is 13.0 Å². The molecule has 0 fully saturated rings. The predicted octanol–water partition coefficient (Wildman–Crippen LogP) is 9.76. The Morgan fingerprint density at radius 2 is 1.23 bits per heavy atom. The summed E-state index contributed by atoms with van der Waals surface area (Å²) >= 11 is 0. The van der Waals surface area contributed by atoms with Crippen LogP contribution in [0.5, 0.6) is 5.75 Å². The fourth-order valence-corrected chi connectivity index (χ4v) is 4.70. The molecule has 0 aliphatic rings. The standard InChI is InChI=1S/C32H50O3/c1-4-5-6-7-8-9-10-11-12-13-14-15-16-17-18-19-32(33)35-26-27(2)28-20-21-30-25-31(34-3)23-22-29(30)24-28/h20-25,27H,4-19,26H2,1-3H3. The molecular formula is C32H50O3. The summed E-state index contributed by atoms with van der Waals surface area (Å²) < 4.78 is 10.9. The maximum Gasteiger partial charge on any atom is 0.305 e. The van der Waals surface area contributed by atoms with Crippen LogP contribution in [0.25, 0.3) is 10.8 Å². The summed E-state index contributed by atoms with van der Waals surface area (Å²) in [4.78, 5) is 12.2. The zero-order chi connectivity index (χ0) is 25.1. The number of hydrogen-bond donors (Lipinski definition) is 0. The lowest BCUT2D eigenvalue weighted by Gasteiger charge is -2.14. The van der Waals surface area contributed by atoms with Crippen molar-refractivity contribution in [2.24, 2.45) is 0 Å². The number of carbonyl (C=O) groups excluding carboxylic acids is 1. The van der Waals surface area contributed by atoms with Crippen LogP contribution in [0, 0.1) is 0 Å². The van der Waals surface area contributed by atoms with Gasteiger partial charge >= 0.3 is 5.97 Å². The van der Waals surface area contributed by atoms with Crippen molar-refractivity contribution in [3.05, 3.63) is 42.0 Å². The van der Waals surface area contributed by atoms with Gasteiger partial charge in [0.1, 0.15) is 5.75 Å². The zero-order valence-electron chi connectivity index (χ0n) is 22.8. The van der Waals surface area contributed by atoms with Crippen molar-refractivity contribution in [3.8, 4) is 5.75 Å². The van der Waals surface area contributed by atoms with E-state index in [1.807, 2.05) is 12.1 Å². The average molecular weight is 483 g/mol. The van der Waals surface area contributed by atoms with E-state index in [1.165, 1.54) is 94.4 Å². The number of rotatable bonds is 20. The van der Waals surface area contributed by atoms with Gasteiger partial charge in [-0.3, -0.25) is 4.79 Å². The summed E-state index contributed by atoms with van der Waals surface area (Å²) in [7, 11) is 1.69. The molecule has 0 heterocycles. The van der Waals surface area contributed by atoms with Gasteiger partial charge in [-0.2, -0.15) is 0 Å².